The molecule has 0 radical (unpaired) electrons. The van der Waals surface area contributed by atoms with Crippen LogP contribution in [-0.4, -0.2) is 18.0 Å². The highest BCUT2D eigenvalue weighted by molar-refractivity contribution is 9.09. The van der Waals surface area contributed by atoms with E-state index in [1.807, 2.05) is 0 Å². The Morgan fingerprint density at radius 1 is 1.42 bits per heavy atom. The first-order valence-electron chi connectivity index (χ1n) is 4.67. The van der Waals surface area contributed by atoms with E-state index < -0.39 is 0 Å². The van der Waals surface area contributed by atoms with Gasteiger partial charge in [0, 0.05) is 10.7 Å². The summed E-state index contributed by atoms with van der Waals surface area (Å²) in [5, 5.41) is 0. The summed E-state index contributed by atoms with van der Waals surface area (Å²) in [5.41, 5.74) is 0.346. The SMILES string of the molecule is CC(C)C(Br)C1COCC1(C)C. The third-order valence-corrected chi connectivity index (χ3v) is 4.49. The van der Waals surface area contributed by atoms with E-state index in [0.717, 1.165) is 13.2 Å². The van der Waals surface area contributed by atoms with Gasteiger partial charge >= 0.3 is 0 Å². The van der Waals surface area contributed by atoms with Crippen molar-refractivity contribution in [3.63, 3.8) is 0 Å². The van der Waals surface area contributed by atoms with Crippen molar-refractivity contribution in [2.24, 2.45) is 17.3 Å². The molecule has 2 heteroatoms. The molecule has 1 aliphatic rings. The van der Waals surface area contributed by atoms with Crippen molar-refractivity contribution in [1.82, 2.24) is 0 Å². The van der Waals surface area contributed by atoms with Gasteiger partial charge in [-0.05, 0) is 11.3 Å². The van der Waals surface area contributed by atoms with E-state index in [4.69, 9.17) is 4.74 Å². The number of ether oxygens (including phenoxy) is 1. The molecule has 0 aromatic rings. The molecule has 72 valence electrons. The van der Waals surface area contributed by atoms with Crippen LogP contribution < -0.4 is 0 Å². The molecule has 0 aromatic heterocycles. The Morgan fingerprint density at radius 3 is 2.33 bits per heavy atom. The van der Waals surface area contributed by atoms with Crippen LogP contribution in [0.15, 0.2) is 0 Å². The molecule has 2 atom stereocenters. The van der Waals surface area contributed by atoms with Gasteiger partial charge in [-0.15, -0.1) is 0 Å². The van der Waals surface area contributed by atoms with E-state index in [2.05, 4.69) is 43.6 Å². The zero-order valence-corrected chi connectivity index (χ0v) is 10.0. The van der Waals surface area contributed by atoms with Crippen LogP contribution in [0.3, 0.4) is 0 Å². The Bertz CT molecular complexity index is 154. The van der Waals surface area contributed by atoms with Gasteiger partial charge in [0.1, 0.15) is 0 Å². The molecule has 1 heterocycles. The second-order valence-corrected chi connectivity index (χ2v) is 5.86. The first-order chi connectivity index (χ1) is 5.45. The molecule has 0 bridgehead atoms. The molecule has 12 heavy (non-hydrogen) atoms. The average Bonchev–Trinajstić information content (AvgIpc) is 2.27. The first-order valence-corrected chi connectivity index (χ1v) is 5.58. The zero-order valence-electron chi connectivity index (χ0n) is 8.43. The third kappa shape index (κ3) is 2.02. The van der Waals surface area contributed by atoms with Crippen LogP contribution in [0, 0.1) is 17.3 Å². The molecule has 0 N–H and O–H groups in total. The van der Waals surface area contributed by atoms with E-state index >= 15 is 0 Å². The Morgan fingerprint density at radius 2 is 2.00 bits per heavy atom. The van der Waals surface area contributed by atoms with Gasteiger partial charge in [0.2, 0.25) is 0 Å². The summed E-state index contributed by atoms with van der Waals surface area (Å²) in [6, 6.07) is 0. The number of halogens is 1. The average molecular weight is 235 g/mol. The molecule has 0 spiro atoms. The van der Waals surface area contributed by atoms with Crippen molar-refractivity contribution < 1.29 is 4.74 Å². The van der Waals surface area contributed by atoms with Crippen LogP contribution in [0.5, 0.6) is 0 Å². The maximum atomic E-state index is 5.51. The van der Waals surface area contributed by atoms with Gasteiger partial charge in [-0.3, -0.25) is 0 Å². The zero-order chi connectivity index (χ0) is 9.35. The highest BCUT2D eigenvalue weighted by atomic mass is 79.9. The lowest BCUT2D eigenvalue weighted by molar-refractivity contribution is 0.166. The summed E-state index contributed by atoms with van der Waals surface area (Å²) in [4.78, 5) is 0.593. The fourth-order valence-electron chi connectivity index (χ4n) is 1.77. The van der Waals surface area contributed by atoms with Crippen LogP contribution >= 0.6 is 15.9 Å². The second kappa shape index (κ2) is 3.67. The predicted octanol–water partition coefficient (Wildman–Crippen LogP) is 3.08. The summed E-state index contributed by atoms with van der Waals surface area (Å²) in [6.07, 6.45) is 0. The number of alkyl halides is 1. The molecule has 0 amide bonds. The molecule has 1 nitrogen and oxygen atoms in total. The van der Waals surface area contributed by atoms with E-state index in [1.165, 1.54) is 0 Å². The van der Waals surface area contributed by atoms with E-state index in [9.17, 15) is 0 Å². The van der Waals surface area contributed by atoms with E-state index in [-0.39, 0.29) is 0 Å². The molecule has 1 saturated heterocycles. The van der Waals surface area contributed by atoms with Crippen molar-refractivity contribution >= 4 is 15.9 Å². The van der Waals surface area contributed by atoms with E-state index in [0.29, 0.717) is 22.1 Å². The topological polar surface area (TPSA) is 9.23 Å². The lowest BCUT2D eigenvalue weighted by Gasteiger charge is -2.30. The van der Waals surface area contributed by atoms with Crippen molar-refractivity contribution in [1.29, 1.82) is 0 Å². The fourth-order valence-corrected chi connectivity index (χ4v) is 2.64. The van der Waals surface area contributed by atoms with Crippen LogP contribution in [-0.2, 0) is 4.74 Å². The molecular weight excluding hydrogens is 216 g/mol. The summed E-state index contributed by atoms with van der Waals surface area (Å²) < 4.78 is 5.51. The largest absolute Gasteiger partial charge is 0.381 e. The quantitative estimate of drug-likeness (QED) is 0.668. The normalized spacial score (nSPS) is 31.0. The minimum absolute atomic E-state index is 0.346. The van der Waals surface area contributed by atoms with Crippen LogP contribution in [0.25, 0.3) is 0 Å². The number of hydrogen-bond donors (Lipinski definition) is 0. The van der Waals surface area contributed by atoms with Crippen LogP contribution in [0.1, 0.15) is 27.7 Å². The molecule has 0 saturated carbocycles. The number of rotatable bonds is 2. The molecule has 0 aliphatic carbocycles. The first kappa shape index (κ1) is 10.5. The van der Waals surface area contributed by atoms with Crippen molar-refractivity contribution in [2.45, 2.75) is 32.5 Å². The smallest absolute Gasteiger partial charge is 0.0521 e. The minimum Gasteiger partial charge on any atom is -0.381 e. The molecular formula is C10H19BrO. The lowest BCUT2D eigenvalue weighted by atomic mass is 9.77. The molecule has 0 aromatic carbocycles. The monoisotopic (exact) mass is 234 g/mol. The number of hydrogen-bond acceptors (Lipinski definition) is 1. The highest BCUT2D eigenvalue weighted by Gasteiger charge is 2.40. The van der Waals surface area contributed by atoms with Gasteiger partial charge in [0.05, 0.1) is 13.2 Å². The predicted molar refractivity (Wildman–Crippen MR) is 55.6 cm³/mol. The van der Waals surface area contributed by atoms with Gasteiger partial charge in [0.25, 0.3) is 0 Å². The summed E-state index contributed by atoms with van der Waals surface area (Å²) in [7, 11) is 0. The Kier molecular flexibility index (Phi) is 3.21. The van der Waals surface area contributed by atoms with Crippen molar-refractivity contribution in [3.8, 4) is 0 Å². The maximum Gasteiger partial charge on any atom is 0.0521 e. The van der Waals surface area contributed by atoms with Gasteiger partial charge in [-0.1, -0.05) is 43.6 Å². The molecule has 1 rings (SSSR count). The maximum absolute atomic E-state index is 5.51. The summed E-state index contributed by atoms with van der Waals surface area (Å²) in [6.45, 7) is 10.9. The van der Waals surface area contributed by atoms with Gasteiger partial charge in [0.15, 0.2) is 0 Å². The summed E-state index contributed by atoms with van der Waals surface area (Å²) in [5.74, 6) is 1.36. The Hall–Kier alpha value is 0.440. The van der Waals surface area contributed by atoms with Gasteiger partial charge < -0.3 is 4.74 Å². The minimum atomic E-state index is 0.346. The Labute approximate surface area is 84.0 Å². The highest BCUT2D eigenvalue weighted by Crippen LogP contribution is 2.40. The third-order valence-electron chi connectivity index (χ3n) is 2.80. The fraction of sp³-hybridized carbons (Fsp3) is 1.00. The van der Waals surface area contributed by atoms with Crippen molar-refractivity contribution in [2.75, 3.05) is 13.2 Å². The molecule has 1 aliphatic heterocycles. The van der Waals surface area contributed by atoms with E-state index in [1.54, 1.807) is 0 Å². The van der Waals surface area contributed by atoms with Crippen molar-refractivity contribution in [3.05, 3.63) is 0 Å². The van der Waals surface area contributed by atoms with Crippen LogP contribution in [0.2, 0.25) is 0 Å². The summed E-state index contributed by atoms with van der Waals surface area (Å²) >= 11 is 3.76. The lowest BCUT2D eigenvalue weighted by Crippen LogP contribution is -2.32. The molecule has 1 fully saturated rings. The van der Waals surface area contributed by atoms with Gasteiger partial charge in [-0.25, -0.2) is 0 Å². The van der Waals surface area contributed by atoms with Gasteiger partial charge in [-0.2, -0.15) is 0 Å². The van der Waals surface area contributed by atoms with Crippen LogP contribution in [0.4, 0.5) is 0 Å². The molecule has 2 unspecified atom stereocenters. The Balaban J connectivity index is 2.62. The second-order valence-electron chi connectivity index (χ2n) is 4.80. The standard InChI is InChI=1S/C10H19BrO/c1-7(2)9(11)8-5-12-6-10(8,3)4/h7-9H,5-6H2,1-4H3.